The molecule has 25 nitrogen and oxygen atoms in total. The summed E-state index contributed by atoms with van der Waals surface area (Å²) < 4.78 is 34.1. The number of amides is 4. The van der Waals surface area contributed by atoms with Gasteiger partial charge in [-0.1, -0.05) is 153 Å². The van der Waals surface area contributed by atoms with Crippen molar-refractivity contribution in [2.75, 3.05) is 60.0 Å². The Bertz CT molecular complexity index is 6090. The van der Waals surface area contributed by atoms with Crippen molar-refractivity contribution in [3.05, 3.63) is 269 Å². The number of fused-ring (bicyclic) bond motifs is 4. The molecule has 4 saturated heterocycles. The second-order valence-electron chi connectivity index (χ2n) is 30.5. The number of benzene rings is 8. The Morgan fingerprint density at radius 2 is 0.612 bits per heavy atom. The Morgan fingerprint density at radius 3 is 0.851 bits per heavy atom. The lowest BCUT2D eigenvalue weighted by Crippen LogP contribution is -2.59. The Labute approximate surface area is 733 Å². The fourth-order valence-corrected chi connectivity index (χ4v) is 17.6. The molecule has 0 aliphatic carbocycles. The van der Waals surface area contributed by atoms with Gasteiger partial charge in [0.1, 0.15) is 55.7 Å². The number of carbonyl (C=O) groups excluding carboxylic acids is 4. The molecule has 630 valence electrons. The molecule has 4 amide bonds. The Hall–Kier alpha value is -10.4. The van der Waals surface area contributed by atoms with Gasteiger partial charge in [-0.2, -0.15) is 0 Å². The normalized spacial score (nSPS) is 15.0. The molecule has 4 aromatic heterocycles. The van der Waals surface area contributed by atoms with Crippen LogP contribution in [0.2, 0.25) is 40.2 Å². The molecule has 4 fully saturated rings. The van der Waals surface area contributed by atoms with Crippen molar-refractivity contribution in [1.29, 1.82) is 0 Å². The SMILES string of the molecule is COc1cc2c(cc(C(=O)NC3(c4ccc(CC(=O)O)cc4C)COC3)n2C)c(Cl)c1Cl.Cc1cc(C(=O)O)ccc1C1(NC(=O)c2cc3c(Cl)c(Cl)ccc3n2C)COC1.Cc1cc(CC(=O)O)ccc1C1(NC(=O)c2cc3c(Cl)c(Cl)ccc3n2C)COC1.Cc1cc(CC(=O)O)ccc1C1(NC(=O)c2cc3c(Cl)c(Cl)ccc3n2C)COC1. The number of aliphatic carboxylic acids is 3. The standard InChI is InChI=1S/C23H22Cl2N2O5.2C22H20Cl2N2O4.C21H18Cl2N2O4/c1-12-6-13(7-19(28)29)4-5-15(12)23(10-32-11-23)26-22(30)17-8-14-16(27(17)2)9-18(31-3)21(25)20(14)24;2*1-12-7-13(8-19(27)28)3-4-15(12)22(10-30-11-22)25-21(29)18-9-14-17(26(18)2)6-5-16(23)20(14)24;1-11-7-12(20(27)28)3-4-14(11)21(9-29-10-21)24-19(26)17-8-13-16(25(17)2)6-5-15(22)18(13)23/h4-6,8-9H,7,10-11H2,1-3H3,(H,26,30)(H,28,29);2*3-7,9H,8,10-11H2,1-2H3,(H,25,29)(H,27,28);3-8H,9-10H2,1-2H3,(H,24,26)(H,27,28). The maximum absolute atomic E-state index is 13.3. The van der Waals surface area contributed by atoms with Crippen molar-refractivity contribution >= 4 is 184 Å². The molecule has 8 aromatic carbocycles. The summed E-state index contributed by atoms with van der Waals surface area (Å²) >= 11 is 50.0. The quantitative estimate of drug-likeness (QED) is 0.0351. The molecule has 0 unspecified atom stereocenters. The van der Waals surface area contributed by atoms with E-state index in [0.717, 1.165) is 66.6 Å². The molecular weight excluding hydrogens is 1720 g/mol. The second kappa shape index (κ2) is 35.2. The van der Waals surface area contributed by atoms with Gasteiger partial charge in [0.15, 0.2) is 0 Å². The van der Waals surface area contributed by atoms with Crippen LogP contribution in [0, 0.1) is 27.7 Å². The molecule has 12 aromatic rings. The van der Waals surface area contributed by atoms with Crippen molar-refractivity contribution in [2.24, 2.45) is 28.2 Å². The van der Waals surface area contributed by atoms with Gasteiger partial charge in [0, 0.05) is 72.4 Å². The Kier molecular flexibility index (Phi) is 25.7. The molecule has 8 heterocycles. The van der Waals surface area contributed by atoms with Crippen LogP contribution < -0.4 is 26.0 Å². The summed E-state index contributed by atoms with van der Waals surface area (Å²) in [7, 11) is 8.67. The van der Waals surface area contributed by atoms with E-state index in [1.807, 2.05) is 82.3 Å². The summed E-state index contributed by atoms with van der Waals surface area (Å²) in [4.78, 5) is 97.1. The number of ether oxygens (including phenoxy) is 5. The van der Waals surface area contributed by atoms with Crippen LogP contribution in [0.15, 0.2) is 140 Å². The minimum atomic E-state index is -0.992. The smallest absolute Gasteiger partial charge is 0.335 e. The predicted molar refractivity (Wildman–Crippen MR) is 464 cm³/mol. The summed E-state index contributed by atoms with van der Waals surface area (Å²) in [6.07, 6.45) is -0.147. The lowest BCUT2D eigenvalue weighted by molar-refractivity contribution is -0.137. The highest BCUT2D eigenvalue weighted by Crippen LogP contribution is 2.44. The third-order valence-electron chi connectivity index (χ3n) is 22.4. The summed E-state index contributed by atoms with van der Waals surface area (Å²) in [6.45, 7) is 10.2. The average molecular weight is 1810 g/mol. The first-order valence-corrected chi connectivity index (χ1v) is 40.6. The number of rotatable bonds is 20. The average Bonchev–Trinajstić information content (AvgIpc) is 1.74. The van der Waals surface area contributed by atoms with Crippen molar-refractivity contribution < 1.29 is 82.5 Å². The molecular formula is C88H80Cl8N8O17. The fourth-order valence-electron chi connectivity index (χ4n) is 16.0. The molecule has 16 rings (SSSR count). The van der Waals surface area contributed by atoms with E-state index in [1.165, 1.54) is 13.2 Å². The van der Waals surface area contributed by atoms with E-state index in [1.54, 1.807) is 125 Å². The van der Waals surface area contributed by atoms with E-state index in [0.29, 0.717) is 160 Å². The second-order valence-corrected chi connectivity index (χ2v) is 33.6. The number of nitrogens with zero attached hydrogens (tertiary/aromatic N) is 4. The topological polar surface area (TPSA) is 331 Å². The van der Waals surface area contributed by atoms with Crippen LogP contribution in [0.4, 0.5) is 0 Å². The molecule has 4 aliphatic rings. The van der Waals surface area contributed by atoms with Crippen LogP contribution in [0.25, 0.3) is 43.6 Å². The number of carboxylic acid groups (broad SMARTS) is 4. The van der Waals surface area contributed by atoms with E-state index in [4.69, 9.17) is 132 Å². The van der Waals surface area contributed by atoms with Gasteiger partial charge in [-0.25, -0.2) is 4.79 Å². The van der Waals surface area contributed by atoms with Crippen molar-refractivity contribution in [3.63, 3.8) is 0 Å². The number of aromatic carboxylic acids is 1. The van der Waals surface area contributed by atoms with Gasteiger partial charge >= 0.3 is 23.9 Å². The first-order valence-electron chi connectivity index (χ1n) is 37.6. The third kappa shape index (κ3) is 17.3. The molecule has 33 heteroatoms. The van der Waals surface area contributed by atoms with Crippen LogP contribution in [0.5, 0.6) is 5.75 Å². The Balaban J connectivity index is 0.000000139. The monoisotopic (exact) mass is 1800 g/mol. The van der Waals surface area contributed by atoms with Crippen LogP contribution in [0.3, 0.4) is 0 Å². The van der Waals surface area contributed by atoms with Gasteiger partial charge in [-0.05, 0) is 162 Å². The first kappa shape index (κ1) is 88.4. The van der Waals surface area contributed by atoms with Crippen molar-refractivity contribution in [2.45, 2.75) is 69.1 Å². The highest BCUT2D eigenvalue weighted by molar-refractivity contribution is 6.47. The molecule has 4 aliphatic heterocycles. The zero-order chi connectivity index (χ0) is 87.4. The zero-order valence-electron chi connectivity index (χ0n) is 66.5. The van der Waals surface area contributed by atoms with Crippen molar-refractivity contribution in [3.8, 4) is 5.75 Å². The van der Waals surface area contributed by atoms with Gasteiger partial charge in [-0.15, -0.1) is 0 Å². The van der Waals surface area contributed by atoms with Gasteiger partial charge in [0.05, 0.1) is 125 Å². The molecule has 0 radical (unpaired) electrons. The number of carbonyl (C=O) groups is 8. The van der Waals surface area contributed by atoms with E-state index in [-0.39, 0.29) is 48.5 Å². The Morgan fingerprint density at radius 1 is 0.347 bits per heavy atom. The molecule has 0 spiro atoms. The molecule has 0 saturated carbocycles. The summed E-state index contributed by atoms with van der Waals surface area (Å²) in [6, 6.07) is 40.5. The number of hydrogen-bond acceptors (Lipinski definition) is 13. The van der Waals surface area contributed by atoms with Crippen LogP contribution in [-0.4, -0.2) is 146 Å². The highest BCUT2D eigenvalue weighted by atomic mass is 35.5. The minimum absolute atomic E-state index is 0.0454. The molecule has 121 heavy (non-hydrogen) atoms. The number of halogens is 8. The van der Waals surface area contributed by atoms with E-state index >= 15 is 0 Å². The predicted octanol–water partition coefficient (Wildman–Crippen LogP) is 16.4. The number of methoxy groups -OCH3 is 1. The van der Waals surface area contributed by atoms with E-state index < -0.39 is 46.0 Å². The number of aryl methyl sites for hydroxylation is 8. The first-order chi connectivity index (χ1) is 57.3. The summed E-state index contributed by atoms with van der Waals surface area (Å²) in [5.74, 6) is -4.28. The summed E-state index contributed by atoms with van der Waals surface area (Å²) in [5, 5.41) is 54.6. The van der Waals surface area contributed by atoms with Crippen LogP contribution in [-0.2, 0) is 103 Å². The van der Waals surface area contributed by atoms with Crippen LogP contribution in [0.1, 0.15) is 114 Å². The van der Waals surface area contributed by atoms with Gasteiger partial charge < -0.3 is 83.6 Å². The largest absolute Gasteiger partial charge is 0.495 e. The maximum atomic E-state index is 13.3. The van der Waals surface area contributed by atoms with E-state index in [9.17, 15) is 43.5 Å². The van der Waals surface area contributed by atoms with Crippen LogP contribution >= 0.6 is 92.8 Å². The molecule has 8 N–H and O–H groups in total. The zero-order valence-corrected chi connectivity index (χ0v) is 72.5. The third-order valence-corrected chi connectivity index (χ3v) is 25.7. The lowest BCUT2D eigenvalue weighted by atomic mass is 9.84. The van der Waals surface area contributed by atoms with Gasteiger partial charge in [-0.3, -0.25) is 33.6 Å². The highest BCUT2D eigenvalue weighted by Gasteiger charge is 2.47. The molecule has 0 bridgehead atoms. The lowest BCUT2D eigenvalue weighted by Gasteiger charge is -2.43. The fraction of sp³-hybridized carbons (Fsp3) is 0.273. The summed E-state index contributed by atoms with van der Waals surface area (Å²) in [5.41, 5.74) is 11.5. The van der Waals surface area contributed by atoms with Gasteiger partial charge in [0.25, 0.3) is 23.6 Å². The minimum Gasteiger partial charge on any atom is -0.495 e. The van der Waals surface area contributed by atoms with Gasteiger partial charge in [0.2, 0.25) is 0 Å². The maximum Gasteiger partial charge on any atom is 0.335 e. The number of hydrogen-bond donors (Lipinski definition) is 8. The number of nitrogens with one attached hydrogen (secondary N) is 4. The van der Waals surface area contributed by atoms with Crippen molar-refractivity contribution in [1.82, 2.24) is 39.5 Å². The number of aromatic nitrogens is 4. The molecule has 0 atom stereocenters. The number of carboxylic acids is 4. The van der Waals surface area contributed by atoms with E-state index in [2.05, 4.69) is 21.3 Å².